The number of anilines is 1. The van der Waals surface area contributed by atoms with Crippen molar-refractivity contribution in [1.29, 1.82) is 0 Å². The number of aryl methyl sites for hydroxylation is 1. The van der Waals surface area contributed by atoms with Crippen LogP contribution in [0.5, 0.6) is 5.88 Å². The van der Waals surface area contributed by atoms with Gasteiger partial charge in [0.05, 0.1) is 31.3 Å². The van der Waals surface area contributed by atoms with E-state index in [0.29, 0.717) is 11.9 Å². The van der Waals surface area contributed by atoms with E-state index < -0.39 is 0 Å². The molecule has 0 fully saturated rings. The summed E-state index contributed by atoms with van der Waals surface area (Å²) >= 11 is 0. The number of ether oxygens (including phenoxy) is 1. The fourth-order valence-electron chi connectivity index (χ4n) is 2.42. The van der Waals surface area contributed by atoms with Gasteiger partial charge in [0.25, 0.3) is 0 Å². The number of pyridine rings is 1. The number of aromatic nitrogens is 1. The molecular weight excluding hydrogens is 228 g/mol. The van der Waals surface area contributed by atoms with Crippen molar-refractivity contribution in [1.82, 2.24) is 4.98 Å². The molecule has 0 spiro atoms. The highest BCUT2D eigenvalue weighted by Crippen LogP contribution is 2.33. The Morgan fingerprint density at radius 1 is 1.39 bits per heavy atom. The molecule has 1 aliphatic carbocycles. The van der Waals surface area contributed by atoms with Crippen LogP contribution in [0, 0.1) is 0 Å². The maximum Gasteiger partial charge on any atom is 0.213 e. The molecule has 0 aromatic carbocycles. The molecule has 4 nitrogen and oxygen atoms in total. The molecule has 0 radical (unpaired) electrons. The highest BCUT2D eigenvalue weighted by atomic mass is 16.5. The molecule has 1 atom stereocenters. The Labute approximate surface area is 106 Å². The van der Waals surface area contributed by atoms with Crippen molar-refractivity contribution in [2.45, 2.75) is 25.3 Å². The molecule has 0 amide bonds. The first-order valence-corrected chi connectivity index (χ1v) is 6.19. The van der Waals surface area contributed by atoms with Gasteiger partial charge < -0.3 is 14.5 Å². The van der Waals surface area contributed by atoms with Crippen LogP contribution in [0.3, 0.4) is 0 Å². The molecule has 94 valence electrons. The smallest absolute Gasteiger partial charge is 0.213 e. The van der Waals surface area contributed by atoms with E-state index in [1.54, 1.807) is 19.6 Å². The van der Waals surface area contributed by atoms with Gasteiger partial charge >= 0.3 is 0 Å². The summed E-state index contributed by atoms with van der Waals surface area (Å²) in [5.41, 5.74) is 2.28. The normalized spacial score (nSPS) is 18.2. The van der Waals surface area contributed by atoms with Gasteiger partial charge in [-0.3, -0.25) is 0 Å². The first-order chi connectivity index (χ1) is 8.86. The zero-order chi connectivity index (χ0) is 12.4. The molecule has 1 N–H and O–H groups in total. The summed E-state index contributed by atoms with van der Waals surface area (Å²) in [5.74, 6) is 1.74. The van der Waals surface area contributed by atoms with E-state index in [0.717, 1.165) is 30.7 Å². The van der Waals surface area contributed by atoms with E-state index >= 15 is 0 Å². The lowest BCUT2D eigenvalue weighted by atomic mass is 9.93. The first kappa shape index (κ1) is 11.1. The molecule has 1 unspecified atom stereocenters. The highest BCUT2D eigenvalue weighted by molar-refractivity contribution is 5.45. The summed E-state index contributed by atoms with van der Waals surface area (Å²) in [6.07, 6.45) is 6.89. The molecule has 3 rings (SSSR count). The Kier molecular flexibility index (Phi) is 2.92. The second-order valence-electron chi connectivity index (χ2n) is 4.48. The second-order valence-corrected chi connectivity index (χ2v) is 4.48. The molecule has 4 heteroatoms. The van der Waals surface area contributed by atoms with E-state index in [4.69, 9.17) is 9.15 Å². The lowest BCUT2D eigenvalue weighted by Gasteiger charge is -2.23. The van der Waals surface area contributed by atoms with Crippen LogP contribution in [0.2, 0.25) is 0 Å². The van der Waals surface area contributed by atoms with E-state index in [1.807, 2.05) is 12.1 Å². The van der Waals surface area contributed by atoms with Crippen LogP contribution in [0.1, 0.15) is 30.2 Å². The van der Waals surface area contributed by atoms with Crippen LogP contribution in [0.4, 0.5) is 5.69 Å². The predicted molar refractivity (Wildman–Crippen MR) is 68.8 cm³/mol. The number of nitrogens with zero attached hydrogens (tertiary/aromatic N) is 1. The summed E-state index contributed by atoms with van der Waals surface area (Å²) < 4.78 is 10.5. The third kappa shape index (κ3) is 2.06. The van der Waals surface area contributed by atoms with Crippen molar-refractivity contribution in [3.05, 3.63) is 42.0 Å². The minimum atomic E-state index is 0.322. The van der Waals surface area contributed by atoms with Crippen molar-refractivity contribution >= 4 is 5.69 Å². The van der Waals surface area contributed by atoms with Crippen LogP contribution in [0.25, 0.3) is 0 Å². The zero-order valence-electron chi connectivity index (χ0n) is 10.3. The number of hydrogen-bond donors (Lipinski definition) is 1. The lowest BCUT2D eigenvalue weighted by molar-refractivity contribution is 0.398. The van der Waals surface area contributed by atoms with Crippen LogP contribution in [0.15, 0.2) is 35.1 Å². The Balaban J connectivity index is 1.77. The SMILES string of the molecule is COc1ccc(NC2CCCc3occc32)cn1. The van der Waals surface area contributed by atoms with Gasteiger partial charge in [0, 0.05) is 18.1 Å². The summed E-state index contributed by atoms with van der Waals surface area (Å²) in [6.45, 7) is 0. The van der Waals surface area contributed by atoms with E-state index in [1.165, 1.54) is 5.56 Å². The minimum absolute atomic E-state index is 0.322. The third-order valence-corrected chi connectivity index (χ3v) is 3.34. The average molecular weight is 244 g/mol. The Morgan fingerprint density at radius 3 is 3.11 bits per heavy atom. The summed E-state index contributed by atoms with van der Waals surface area (Å²) in [7, 11) is 1.62. The lowest BCUT2D eigenvalue weighted by Crippen LogP contribution is -2.15. The topological polar surface area (TPSA) is 47.3 Å². The monoisotopic (exact) mass is 244 g/mol. The average Bonchev–Trinajstić information content (AvgIpc) is 2.89. The summed E-state index contributed by atoms with van der Waals surface area (Å²) in [4.78, 5) is 4.20. The number of hydrogen-bond acceptors (Lipinski definition) is 4. The van der Waals surface area contributed by atoms with Gasteiger partial charge in [-0.2, -0.15) is 0 Å². The number of fused-ring (bicyclic) bond motifs is 1. The van der Waals surface area contributed by atoms with Gasteiger partial charge in [0.1, 0.15) is 5.76 Å². The van der Waals surface area contributed by atoms with E-state index in [9.17, 15) is 0 Å². The highest BCUT2D eigenvalue weighted by Gasteiger charge is 2.22. The third-order valence-electron chi connectivity index (χ3n) is 3.34. The zero-order valence-corrected chi connectivity index (χ0v) is 10.3. The fourth-order valence-corrected chi connectivity index (χ4v) is 2.42. The van der Waals surface area contributed by atoms with E-state index in [-0.39, 0.29) is 0 Å². The second kappa shape index (κ2) is 4.72. The van der Waals surface area contributed by atoms with Crippen LogP contribution >= 0.6 is 0 Å². The molecule has 2 aromatic rings. The Hall–Kier alpha value is -1.97. The predicted octanol–water partition coefficient (Wildman–Crippen LogP) is 3.17. The minimum Gasteiger partial charge on any atom is -0.481 e. The van der Waals surface area contributed by atoms with Gasteiger partial charge in [-0.1, -0.05) is 0 Å². The summed E-state index contributed by atoms with van der Waals surface area (Å²) in [6, 6.07) is 6.23. The fraction of sp³-hybridized carbons (Fsp3) is 0.357. The van der Waals surface area contributed by atoms with Crippen LogP contribution in [-0.4, -0.2) is 12.1 Å². The molecule has 2 aromatic heterocycles. The molecule has 0 saturated heterocycles. The number of methoxy groups -OCH3 is 1. The van der Waals surface area contributed by atoms with Crippen molar-refractivity contribution in [2.24, 2.45) is 0 Å². The molecule has 18 heavy (non-hydrogen) atoms. The quantitative estimate of drug-likeness (QED) is 0.900. The molecule has 1 aliphatic rings. The van der Waals surface area contributed by atoms with Gasteiger partial charge in [-0.25, -0.2) is 4.98 Å². The summed E-state index contributed by atoms with van der Waals surface area (Å²) in [5, 5.41) is 3.50. The van der Waals surface area contributed by atoms with Crippen LogP contribution in [-0.2, 0) is 6.42 Å². The van der Waals surface area contributed by atoms with Gasteiger partial charge in [-0.15, -0.1) is 0 Å². The Bertz CT molecular complexity index is 519. The van der Waals surface area contributed by atoms with Crippen molar-refractivity contribution in [3.63, 3.8) is 0 Å². The number of rotatable bonds is 3. The standard InChI is InChI=1S/C14H16N2O2/c1-17-14-6-5-10(9-15-14)16-12-3-2-4-13-11(12)7-8-18-13/h5-9,12,16H,2-4H2,1H3. The van der Waals surface area contributed by atoms with Gasteiger partial charge in [0.2, 0.25) is 5.88 Å². The number of nitrogens with one attached hydrogen (secondary N) is 1. The maximum absolute atomic E-state index is 5.48. The number of furan rings is 1. The molecule has 0 aliphatic heterocycles. The molecular formula is C14H16N2O2. The van der Waals surface area contributed by atoms with Crippen molar-refractivity contribution < 1.29 is 9.15 Å². The maximum atomic E-state index is 5.48. The van der Waals surface area contributed by atoms with Crippen molar-refractivity contribution in [2.75, 3.05) is 12.4 Å². The van der Waals surface area contributed by atoms with Crippen molar-refractivity contribution in [3.8, 4) is 5.88 Å². The molecule has 0 saturated carbocycles. The van der Waals surface area contributed by atoms with Crippen LogP contribution < -0.4 is 10.1 Å². The van der Waals surface area contributed by atoms with Gasteiger partial charge in [-0.05, 0) is 25.0 Å². The molecule has 0 bridgehead atoms. The first-order valence-electron chi connectivity index (χ1n) is 6.19. The Morgan fingerprint density at radius 2 is 2.33 bits per heavy atom. The van der Waals surface area contributed by atoms with Gasteiger partial charge in [0.15, 0.2) is 0 Å². The largest absolute Gasteiger partial charge is 0.481 e. The van der Waals surface area contributed by atoms with E-state index in [2.05, 4.69) is 16.4 Å². The molecule has 2 heterocycles.